The maximum atomic E-state index is 6.49. The number of benzene rings is 1. The van der Waals surface area contributed by atoms with Crippen molar-refractivity contribution in [3.8, 4) is 23.3 Å². The fraction of sp³-hybridized carbons (Fsp3) is 0.659. The number of rotatable bonds is 12. The van der Waals surface area contributed by atoms with Gasteiger partial charge in [-0.3, -0.25) is 0 Å². The van der Waals surface area contributed by atoms with Crippen LogP contribution < -0.4 is 0 Å². The Labute approximate surface area is 271 Å². The summed E-state index contributed by atoms with van der Waals surface area (Å²) in [5, 5.41) is 2.09. The summed E-state index contributed by atoms with van der Waals surface area (Å²) in [7, 11) is -1.89. The molecular formula is C41H62O2Si. The van der Waals surface area contributed by atoms with E-state index in [1.54, 1.807) is 0 Å². The predicted octanol–water partition coefficient (Wildman–Crippen LogP) is 12.6. The van der Waals surface area contributed by atoms with E-state index in [4.69, 9.17) is 8.83 Å². The molecule has 0 N–H and O–H groups in total. The second-order valence-corrected chi connectivity index (χ2v) is 20.6. The first-order valence-electron chi connectivity index (χ1n) is 17.5. The molecule has 3 aromatic rings. The van der Waals surface area contributed by atoms with E-state index >= 15 is 0 Å². The topological polar surface area (TPSA) is 26.3 Å². The molecule has 0 saturated carbocycles. The number of fused-ring (bicyclic) bond motifs is 2. The van der Waals surface area contributed by atoms with Gasteiger partial charge in [-0.1, -0.05) is 101 Å². The molecule has 3 rings (SSSR count). The summed E-state index contributed by atoms with van der Waals surface area (Å²) < 4.78 is 13.0. The summed E-state index contributed by atoms with van der Waals surface area (Å²) in [5.74, 6) is 16.9. The monoisotopic (exact) mass is 614 g/mol. The average molecular weight is 615 g/mol. The second kappa shape index (κ2) is 14.8. The van der Waals surface area contributed by atoms with Crippen LogP contribution in [0, 0.1) is 78.1 Å². The molecule has 2 nitrogen and oxygen atoms in total. The lowest BCUT2D eigenvalue weighted by Gasteiger charge is -2.34. The van der Waals surface area contributed by atoms with E-state index in [0.717, 1.165) is 63.8 Å². The lowest BCUT2D eigenvalue weighted by molar-refractivity contribution is 0.215. The minimum Gasteiger partial charge on any atom is -0.460 e. The van der Waals surface area contributed by atoms with Gasteiger partial charge in [-0.2, -0.15) is 0 Å². The van der Waals surface area contributed by atoms with Gasteiger partial charge in [0, 0.05) is 16.2 Å². The van der Waals surface area contributed by atoms with Gasteiger partial charge in [0.1, 0.15) is 19.6 Å². The molecule has 0 bridgehead atoms. The van der Waals surface area contributed by atoms with Gasteiger partial charge in [0.05, 0.1) is 11.1 Å². The molecule has 1 aromatic carbocycles. The van der Waals surface area contributed by atoms with Crippen LogP contribution in [0.2, 0.25) is 18.1 Å². The molecule has 242 valence electrons. The van der Waals surface area contributed by atoms with E-state index in [2.05, 4.69) is 119 Å². The second-order valence-electron chi connectivity index (χ2n) is 16.6. The fourth-order valence-corrected chi connectivity index (χ4v) is 14.0. The van der Waals surface area contributed by atoms with Gasteiger partial charge in [-0.15, -0.1) is 5.54 Å². The minimum atomic E-state index is -1.89. The Balaban J connectivity index is 2.36. The Morgan fingerprint density at radius 2 is 0.932 bits per heavy atom. The van der Waals surface area contributed by atoms with Gasteiger partial charge in [0.15, 0.2) is 11.2 Å². The maximum Gasteiger partial charge on any atom is 0.152 e. The molecule has 0 saturated heterocycles. The molecule has 0 aliphatic rings. The average Bonchev–Trinajstić information content (AvgIpc) is 3.40. The standard InChI is InChI=1S/C41H62O2Si/c1-27(2)21-41(22-28(3)4,23-29(5)6)17-15-35-37-19-33(13)43-40(37)36(38-20-34(14)42-39(35)38)16-18-44(24-30(7)8,25-31(9)10)26-32(11)12/h19-20,27-32H,21-26H2,1-14H3. The summed E-state index contributed by atoms with van der Waals surface area (Å²) >= 11 is 0. The zero-order valence-corrected chi connectivity index (χ0v) is 31.7. The normalized spacial score (nSPS) is 12.8. The molecule has 0 unspecified atom stereocenters. The third-order valence-electron chi connectivity index (χ3n) is 8.40. The van der Waals surface area contributed by atoms with E-state index in [-0.39, 0.29) is 5.41 Å². The maximum absolute atomic E-state index is 6.49. The molecule has 0 radical (unpaired) electrons. The Kier molecular flexibility index (Phi) is 12.2. The smallest absolute Gasteiger partial charge is 0.152 e. The van der Waals surface area contributed by atoms with Crippen molar-refractivity contribution >= 4 is 30.0 Å². The highest BCUT2D eigenvalue weighted by molar-refractivity contribution is 6.87. The van der Waals surface area contributed by atoms with Crippen LogP contribution in [-0.2, 0) is 0 Å². The molecule has 0 amide bonds. The van der Waals surface area contributed by atoms with Crippen LogP contribution in [0.15, 0.2) is 21.0 Å². The Morgan fingerprint density at radius 3 is 1.27 bits per heavy atom. The van der Waals surface area contributed by atoms with Crippen molar-refractivity contribution in [3.05, 3.63) is 34.8 Å². The lowest BCUT2D eigenvalue weighted by atomic mass is 9.70. The molecule has 2 heterocycles. The van der Waals surface area contributed by atoms with Crippen molar-refractivity contribution in [2.75, 3.05) is 0 Å². The zero-order valence-electron chi connectivity index (χ0n) is 30.7. The van der Waals surface area contributed by atoms with Crippen LogP contribution in [0.1, 0.15) is 125 Å². The Morgan fingerprint density at radius 1 is 0.568 bits per heavy atom. The lowest BCUT2D eigenvalue weighted by Crippen LogP contribution is -2.37. The van der Waals surface area contributed by atoms with E-state index in [9.17, 15) is 0 Å². The molecule has 0 aliphatic carbocycles. The van der Waals surface area contributed by atoms with Crippen LogP contribution in [0.25, 0.3) is 21.9 Å². The van der Waals surface area contributed by atoms with E-state index in [1.165, 1.54) is 18.1 Å². The Hall–Kier alpha value is -2.36. The first-order chi connectivity index (χ1) is 20.4. The molecule has 3 heteroatoms. The Bertz CT molecular complexity index is 1300. The predicted molar refractivity (Wildman–Crippen MR) is 195 cm³/mol. The van der Waals surface area contributed by atoms with Crippen LogP contribution in [0.5, 0.6) is 0 Å². The van der Waals surface area contributed by atoms with Crippen molar-refractivity contribution in [1.29, 1.82) is 0 Å². The third-order valence-corrected chi connectivity index (χ3v) is 13.9. The van der Waals surface area contributed by atoms with E-state index in [0.29, 0.717) is 35.5 Å². The fourth-order valence-electron chi connectivity index (χ4n) is 8.15. The summed E-state index contributed by atoms with van der Waals surface area (Å²) in [5.41, 5.74) is 7.68. The van der Waals surface area contributed by atoms with E-state index in [1.807, 2.05) is 13.8 Å². The van der Waals surface area contributed by atoms with Gasteiger partial charge >= 0.3 is 0 Å². The third kappa shape index (κ3) is 9.33. The quantitative estimate of drug-likeness (QED) is 0.150. The first-order valence-corrected chi connectivity index (χ1v) is 20.1. The molecule has 0 aliphatic heterocycles. The molecule has 0 atom stereocenters. The summed E-state index contributed by atoms with van der Waals surface area (Å²) in [6, 6.07) is 8.01. The molecular weight excluding hydrogens is 553 g/mol. The largest absolute Gasteiger partial charge is 0.460 e. The SMILES string of the molecule is Cc1cc2c(C#C[Si](CC(C)C)(CC(C)C)CC(C)C)c3oc(C)cc3c(C#CC(CC(C)C)(CC(C)C)CC(C)C)c2o1. The van der Waals surface area contributed by atoms with Crippen LogP contribution in [-0.4, -0.2) is 8.07 Å². The van der Waals surface area contributed by atoms with Gasteiger partial charge in [-0.25, -0.2) is 0 Å². The summed E-state index contributed by atoms with van der Waals surface area (Å²) in [6.07, 6.45) is 3.30. The first kappa shape index (κ1) is 36.1. The molecule has 44 heavy (non-hydrogen) atoms. The highest BCUT2D eigenvalue weighted by Gasteiger charge is 2.35. The van der Waals surface area contributed by atoms with Crippen LogP contribution >= 0.6 is 0 Å². The van der Waals surface area contributed by atoms with Crippen molar-refractivity contribution in [1.82, 2.24) is 0 Å². The minimum absolute atomic E-state index is 0.0379. The van der Waals surface area contributed by atoms with Crippen LogP contribution in [0.3, 0.4) is 0 Å². The summed E-state index contributed by atoms with van der Waals surface area (Å²) in [4.78, 5) is 0. The van der Waals surface area contributed by atoms with Gasteiger partial charge < -0.3 is 8.83 Å². The van der Waals surface area contributed by atoms with Crippen molar-refractivity contribution < 1.29 is 8.83 Å². The van der Waals surface area contributed by atoms with Gasteiger partial charge in [-0.05, 0) is 98.9 Å². The number of aryl methyl sites for hydroxylation is 2. The van der Waals surface area contributed by atoms with Crippen LogP contribution in [0.4, 0.5) is 0 Å². The van der Waals surface area contributed by atoms with Crippen molar-refractivity contribution in [3.63, 3.8) is 0 Å². The zero-order chi connectivity index (χ0) is 33.0. The molecule has 0 fully saturated rings. The van der Waals surface area contributed by atoms with Crippen molar-refractivity contribution in [2.24, 2.45) is 40.9 Å². The molecule has 2 aromatic heterocycles. The number of hydrogen-bond donors (Lipinski definition) is 0. The van der Waals surface area contributed by atoms with Gasteiger partial charge in [0.25, 0.3) is 0 Å². The van der Waals surface area contributed by atoms with E-state index < -0.39 is 8.07 Å². The van der Waals surface area contributed by atoms with Gasteiger partial charge in [0.2, 0.25) is 0 Å². The molecule has 0 spiro atoms. The number of hydrogen-bond acceptors (Lipinski definition) is 2. The number of furan rings is 2. The van der Waals surface area contributed by atoms with Crippen molar-refractivity contribution in [2.45, 2.75) is 134 Å². The summed E-state index contributed by atoms with van der Waals surface area (Å²) in [6.45, 7) is 32.2. The highest BCUT2D eigenvalue weighted by atomic mass is 28.3. The highest BCUT2D eigenvalue weighted by Crippen LogP contribution is 2.41.